The normalized spacial score (nSPS) is 10.3. The zero-order valence-electron chi connectivity index (χ0n) is 13.8. The molecule has 1 aromatic carbocycles. The minimum atomic E-state index is -0.563. The van der Waals surface area contributed by atoms with Gasteiger partial charge in [-0.15, -0.1) is 11.3 Å². The molecule has 132 valence electrons. The standard InChI is InChI=1S/C19H17N3O3S/c23-18(12-9-13-5-2-1-3-6-13)21-17-8-4-7-14(20-17)15-10-11-16(26-15)19(24)22-25/h1-8,10-11,25H,9,12H2,(H,22,24)(H,20,21,23). The Morgan fingerprint density at radius 1 is 1.00 bits per heavy atom. The van der Waals surface area contributed by atoms with Crippen molar-refractivity contribution in [3.8, 4) is 10.6 Å². The molecule has 0 atom stereocenters. The molecule has 0 bridgehead atoms. The van der Waals surface area contributed by atoms with Crippen LogP contribution < -0.4 is 10.8 Å². The van der Waals surface area contributed by atoms with Gasteiger partial charge in [0.05, 0.1) is 15.4 Å². The first-order valence-electron chi connectivity index (χ1n) is 8.01. The van der Waals surface area contributed by atoms with E-state index >= 15 is 0 Å². The summed E-state index contributed by atoms with van der Waals surface area (Å²) in [6.07, 6.45) is 1.03. The van der Waals surface area contributed by atoms with Crippen LogP contribution in [0.25, 0.3) is 10.6 Å². The first-order valence-corrected chi connectivity index (χ1v) is 8.83. The highest BCUT2D eigenvalue weighted by Gasteiger charge is 2.11. The monoisotopic (exact) mass is 367 g/mol. The summed E-state index contributed by atoms with van der Waals surface area (Å²) in [7, 11) is 0. The Kier molecular flexibility index (Phi) is 5.73. The summed E-state index contributed by atoms with van der Waals surface area (Å²) in [5.74, 6) is -0.209. The number of nitrogens with zero attached hydrogens (tertiary/aromatic N) is 1. The molecule has 0 aliphatic carbocycles. The Labute approximate surface area is 154 Å². The summed E-state index contributed by atoms with van der Waals surface area (Å²) in [6.45, 7) is 0. The third kappa shape index (κ3) is 4.53. The third-order valence-corrected chi connectivity index (χ3v) is 4.79. The van der Waals surface area contributed by atoms with Crippen molar-refractivity contribution in [1.82, 2.24) is 10.5 Å². The molecule has 0 aliphatic heterocycles. The molecular formula is C19H17N3O3S. The molecular weight excluding hydrogens is 350 g/mol. The summed E-state index contributed by atoms with van der Waals surface area (Å²) < 4.78 is 0. The number of hydrogen-bond acceptors (Lipinski definition) is 5. The van der Waals surface area contributed by atoms with E-state index in [0.717, 1.165) is 10.4 Å². The number of pyridine rings is 1. The lowest BCUT2D eigenvalue weighted by Crippen LogP contribution is -2.16. The molecule has 26 heavy (non-hydrogen) atoms. The average Bonchev–Trinajstić information content (AvgIpc) is 3.17. The van der Waals surface area contributed by atoms with Gasteiger partial charge in [0.1, 0.15) is 5.82 Å². The smallest absolute Gasteiger partial charge is 0.284 e. The molecule has 0 saturated carbocycles. The van der Waals surface area contributed by atoms with Gasteiger partial charge >= 0.3 is 0 Å². The van der Waals surface area contributed by atoms with Crippen LogP contribution in [0.3, 0.4) is 0 Å². The van der Waals surface area contributed by atoms with Crippen LogP contribution in [0.5, 0.6) is 0 Å². The van der Waals surface area contributed by atoms with Gasteiger partial charge in [-0.1, -0.05) is 36.4 Å². The van der Waals surface area contributed by atoms with Crippen molar-refractivity contribution >= 4 is 29.0 Å². The summed E-state index contributed by atoms with van der Waals surface area (Å²) in [4.78, 5) is 29.1. The first kappa shape index (κ1) is 17.8. The second-order valence-electron chi connectivity index (χ2n) is 5.55. The number of aromatic nitrogens is 1. The second kappa shape index (κ2) is 8.37. The van der Waals surface area contributed by atoms with Crippen LogP contribution >= 0.6 is 11.3 Å². The lowest BCUT2D eigenvalue weighted by Gasteiger charge is -2.06. The molecule has 6 nitrogen and oxygen atoms in total. The fourth-order valence-electron chi connectivity index (χ4n) is 2.40. The van der Waals surface area contributed by atoms with Gasteiger partial charge in [-0.05, 0) is 36.2 Å². The largest absolute Gasteiger partial charge is 0.311 e. The average molecular weight is 367 g/mol. The van der Waals surface area contributed by atoms with E-state index in [1.807, 2.05) is 30.3 Å². The lowest BCUT2D eigenvalue weighted by molar-refractivity contribution is -0.116. The van der Waals surface area contributed by atoms with Gasteiger partial charge < -0.3 is 5.32 Å². The maximum absolute atomic E-state index is 12.1. The van der Waals surface area contributed by atoms with Gasteiger partial charge in [0.2, 0.25) is 5.91 Å². The van der Waals surface area contributed by atoms with Crippen LogP contribution in [0.2, 0.25) is 0 Å². The maximum atomic E-state index is 12.1. The van der Waals surface area contributed by atoms with E-state index in [2.05, 4.69) is 10.3 Å². The Hall–Kier alpha value is -3.03. The molecule has 2 heterocycles. The molecule has 7 heteroatoms. The van der Waals surface area contributed by atoms with E-state index in [1.165, 1.54) is 11.3 Å². The van der Waals surface area contributed by atoms with Crippen molar-refractivity contribution in [3.05, 3.63) is 71.1 Å². The predicted molar refractivity (Wildman–Crippen MR) is 100 cm³/mol. The fourth-order valence-corrected chi connectivity index (χ4v) is 3.27. The number of hydroxylamine groups is 1. The summed E-state index contributed by atoms with van der Waals surface area (Å²) >= 11 is 1.21. The molecule has 0 fully saturated rings. The van der Waals surface area contributed by atoms with Crippen LogP contribution in [0.1, 0.15) is 21.7 Å². The minimum absolute atomic E-state index is 0.106. The van der Waals surface area contributed by atoms with Crippen molar-refractivity contribution in [2.24, 2.45) is 0 Å². The van der Waals surface area contributed by atoms with Crippen LogP contribution in [0.15, 0.2) is 60.7 Å². The highest BCUT2D eigenvalue weighted by atomic mass is 32.1. The maximum Gasteiger partial charge on any atom is 0.284 e. The topological polar surface area (TPSA) is 91.3 Å². The van der Waals surface area contributed by atoms with Crippen LogP contribution in [-0.4, -0.2) is 22.0 Å². The highest BCUT2D eigenvalue weighted by molar-refractivity contribution is 7.17. The molecule has 2 amide bonds. The van der Waals surface area contributed by atoms with Gasteiger partial charge in [0.15, 0.2) is 0 Å². The molecule has 3 rings (SSSR count). The van der Waals surface area contributed by atoms with Crippen molar-refractivity contribution in [2.45, 2.75) is 12.8 Å². The van der Waals surface area contributed by atoms with E-state index in [-0.39, 0.29) is 5.91 Å². The zero-order valence-corrected chi connectivity index (χ0v) is 14.6. The van der Waals surface area contributed by atoms with Crippen molar-refractivity contribution in [3.63, 3.8) is 0 Å². The predicted octanol–water partition coefficient (Wildman–Crippen LogP) is 3.50. The highest BCUT2D eigenvalue weighted by Crippen LogP contribution is 2.27. The van der Waals surface area contributed by atoms with Crippen molar-refractivity contribution in [1.29, 1.82) is 0 Å². The Morgan fingerprint density at radius 2 is 1.81 bits per heavy atom. The second-order valence-corrected chi connectivity index (χ2v) is 6.63. The summed E-state index contributed by atoms with van der Waals surface area (Å²) in [5, 5.41) is 11.5. The molecule has 3 aromatic rings. The number of aryl methyl sites for hydroxylation is 1. The van der Waals surface area contributed by atoms with Crippen molar-refractivity contribution in [2.75, 3.05) is 5.32 Å². The molecule has 0 saturated heterocycles. The van der Waals surface area contributed by atoms with Crippen LogP contribution in [0.4, 0.5) is 5.82 Å². The Bertz CT molecular complexity index is 909. The molecule has 0 aliphatic rings. The number of carbonyl (C=O) groups is 2. The number of carbonyl (C=O) groups excluding carboxylic acids is 2. The number of amides is 2. The molecule has 3 N–H and O–H groups in total. The lowest BCUT2D eigenvalue weighted by atomic mass is 10.1. The number of nitrogens with one attached hydrogen (secondary N) is 2. The summed E-state index contributed by atoms with van der Waals surface area (Å²) in [5.41, 5.74) is 3.36. The molecule has 0 spiro atoms. The number of benzene rings is 1. The third-order valence-electron chi connectivity index (χ3n) is 3.68. The van der Waals surface area contributed by atoms with Crippen LogP contribution in [0, 0.1) is 0 Å². The van der Waals surface area contributed by atoms with E-state index in [0.29, 0.717) is 29.2 Å². The number of anilines is 1. The molecule has 0 unspecified atom stereocenters. The fraction of sp³-hybridized carbons (Fsp3) is 0.105. The number of hydrogen-bond donors (Lipinski definition) is 3. The van der Waals surface area contributed by atoms with E-state index in [1.54, 1.807) is 35.8 Å². The van der Waals surface area contributed by atoms with Gasteiger partial charge in [-0.25, -0.2) is 10.5 Å². The molecule has 2 aromatic heterocycles. The van der Waals surface area contributed by atoms with E-state index in [9.17, 15) is 9.59 Å². The Balaban J connectivity index is 1.64. The minimum Gasteiger partial charge on any atom is -0.311 e. The quantitative estimate of drug-likeness (QED) is 0.459. The first-order chi connectivity index (χ1) is 12.7. The zero-order chi connectivity index (χ0) is 18.4. The van der Waals surface area contributed by atoms with Gasteiger partial charge in [-0.3, -0.25) is 14.8 Å². The van der Waals surface area contributed by atoms with E-state index in [4.69, 9.17) is 5.21 Å². The molecule has 0 radical (unpaired) electrons. The van der Waals surface area contributed by atoms with Crippen LogP contribution in [-0.2, 0) is 11.2 Å². The van der Waals surface area contributed by atoms with E-state index < -0.39 is 5.91 Å². The number of rotatable bonds is 6. The van der Waals surface area contributed by atoms with Crippen molar-refractivity contribution < 1.29 is 14.8 Å². The number of thiophene rings is 1. The van der Waals surface area contributed by atoms with Gasteiger partial charge in [0, 0.05) is 6.42 Å². The van der Waals surface area contributed by atoms with Gasteiger partial charge in [-0.2, -0.15) is 0 Å². The van der Waals surface area contributed by atoms with Gasteiger partial charge in [0.25, 0.3) is 5.91 Å². The summed E-state index contributed by atoms with van der Waals surface area (Å²) in [6, 6.07) is 18.5. The SMILES string of the molecule is O=C(CCc1ccccc1)Nc1cccc(-c2ccc(C(=O)NO)s2)n1. The Morgan fingerprint density at radius 3 is 2.58 bits per heavy atom.